The Morgan fingerprint density at radius 1 is 1.18 bits per heavy atom. The second-order valence-corrected chi connectivity index (χ2v) is 8.33. The van der Waals surface area contributed by atoms with Crippen molar-refractivity contribution < 1.29 is 14.6 Å². The van der Waals surface area contributed by atoms with Gasteiger partial charge in [0.25, 0.3) is 0 Å². The maximum Gasteiger partial charge on any atom is 0.336 e. The van der Waals surface area contributed by atoms with Gasteiger partial charge in [-0.05, 0) is 60.4 Å². The van der Waals surface area contributed by atoms with Gasteiger partial charge < -0.3 is 25.4 Å². The summed E-state index contributed by atoms with van der Waals surface area (Å²) in [6, 6.07) is 10.7. The Bertz CT molecular complexity index is 1250. The largest absolute Gasteiger partial charge is 0.478 e. The lowest BCUT2D eigenvalue weighted by atomic mass is 9.98. The highest BCUT2D eigenvalue weighted by Crippen LogP contribution is 2.39. The SMILES string of the molecule is Cc1ccc(OC2Nc3cc(Cl)c(C4=CCN(c5ncccn5)CC4)cc3N2)cc1C(=O)O. The first-order chi connectivity index (χ1) is 16.0. The molecule has 0 bridgehead atoms. The molecule has 2 aromatic carbocycles. The minimum Gasteiger partial charge on any atom is -0.478 e. The first-order valence-electron chi connectivity index (χ1n) is 10.6. The van der Waals surface area contributed by atoms with Crippen molar-refractivity contribution in [3.05, 3.63) is 76.6 Å². The van der Waals surface area contributed by atoms with Crippen LogP contribution in [0.4, 0.5) is 17.3 Å². The molecule has 5 rings (SSSR count). The van der Waals surface area contributed by atoms with Crippen LogP contribution in [-0.4, -0.2) is 40.5 Å². The minimum atomic E-state index is -0.983. The fraction of sp³-hybridized carbons (Fsp3) is 0.208. The molecule has 0 saturated carbocycles. The number of anilines is 3. The lowest BCUT2D eigenvalue weighted by Gasteiger charge is -2.26. The number of nitrogens with one attached hydrogen (secondary N) is 2. The van der Waals surface area contributed by atoms with Gasteiger partial charge in [-0.2, -0.15) is 0 Å². The molecular weight excluding hydrogens is 442 g/mol. The number of aromatic carboxylic acids is 1. The van der Waals surface area contributed by atoms with Crippen molar-refractivity contribution in [1.29, 1.82) is 0 Å². The van der Waals surface area contributed by atoms with E-state index in [1.807, 2.05) is 12.1 Å². The molecule has 3 aromatic rings. The van der Waals surface area contributed by atoms with Crippen molar-refractivity contribution in [2.75, 3.05) is 28.6 Å². The number of ether oxygens (including phenoxy) is 1. The van der Waals surface area contributed by atoms with E-state index in [0.717, 1.165) is 35.9 Å². The quantitative estimate of drug-likeness (QED) is 0.503. The predicted octanol–water partition coefficient (Wildman–Crippen LogP) is 4.63. The molecule has 0 amide bonds. The number of halogens is 1. The summed E-state index contributed by atoms with van der Waals surface area (Å²) in [7, 11) is 0. The Balaban J connectivity index is 1.31. The van der Waals surface area contributed by atoms with Crippen molar-refractivity contribution in [3.8, 4) is 5.75 Å². The normalized spacial score (nSPS) is 17.0. The number of benzene rings is 2. The molecule has 1 aromatic heterocycles. The Hall–Kier alpha value is -3.78. The lowest BCUT2D eigenvalue weighted by molar-refractivity contribution is 0.0695. The average Bonchev–Trinajstić information content (AvgIpc) is 3.21. The third kappa shape index (κ3) is 4.29. The number of rotatable bonds is 5. The highest BCUT2D eigenvalue weighted by Gasteiger charge is 2.25. The maximum absolute atomic E-state index is 11.4. The smallest absolute Gasteiger partial charge is 0.336 e. The van der Waals surface area contributed by atoms with E-state index in [1.54, 1.807) is 37.5 Å². The van der Waals surface area contributed by atoms with Crippen molar-refractivity contribution in [2.24, 2.45) is 0 Å². The van der Waals surface area contributed by atoms with Crippen LogP contribution in [-0.2, 0) is 0 Å². The second kappa shape index (κ2) is 8.63. The molecule has 3 N–H and O–H groups in total. The molecule has 0 radical (unpaired) electrons. The summed E-state index contributed by atoms with van der Waals surface area (Å²) in [5, 5.41) is 16.5. The van der Waals surface area contributed by atoms with Gasteiger partial charge in [0, 0.05) is 25.5 Å². The zero-order chi connectivity index (χ0) is 22.9. The second-order valence-electron chi connectivity index (χ2n) is 7.92. The molecule has 8 nitrogen and oxygen atoms in total. The fourth-order valence-corrected chi connectivity index (χ4v) is 4.31. The van der Waals surface area contributed by atoms with Gasteiger partial charge in [0.15, 0.2) is 0 Å². The lowest BCUT2D eigenvalue weighted by Crippen LogP contribution is -2.29. The van der Waals surface area contributed by atoms with Crippen LogP contribution < -0.4 is 20.3 Å². The maximum atomic E-state index is 11.4. The standard InChI is InChI=1S/C24H22ClN5O3/c1-14-3-4-16(11-17(14)22(31)32)33-24-28-20-12-18(19(25)13-21(20)29-24)15-5-9-30(10-6-15)23-26-7-2-8-27-23/h2-5,7-8,11-13,24,28-29H,6,9-10H2,1H3,(H,31,32). The van der Waals surface area contributed by atoms with E-state index in [9.17, 15) is 9.90 Å². The van der Waals surface area contributed by atoms with E-state index in [-0.39, 0.29) is 5.56 Å². The summed E-state index contributed by atoms with van der Waals surface area (Å²) in [4.78, 5) is 22.2. The molecule has 2 aliphatic heterocycles. The van der Waals surface area contributed by atoms with Gasteiger partial charge in [-0.15, -0.1) is 0 Å². The van der Waals surface area contributed by atoms with Crippen molar-refractivity contribution >= 4 is 40.5 Å². The number of hydrogen-bond acceptors (Lipinski definition) is 7. The van der Waals surface area contributed by atoms with Gasteiger partial charge >= 0.3 is 5.97 Å². The molecule has 0 spiro atoms. The van der Waals surface area contributed by atoms with Crippen LogP contribution in [0.15, 0.2) is 54.9 Å². The Kier molecular flexibility index (Phi) is 5.51. The molecule has 3 heterocycles. The predicted molar refractivity (Wildman–Crippen MR) is 128 cm³/mol. The van der Waals surface area contributed by atoms with Gasteiger partial charge in [0.2, 0.25) is 12.3 Å². The minimum absolute atomic E-state index is 0.215. The Morgan fingerprint density at radius 2 is 1.94 bits per heavy atom. The van der Waals surface area contributed by atoms with Gasteiger partial charge in [0.05, 0.1) is 22.0 Å². The highest BCUT2D eigenvalue weighted by molar-refractivity contribution is 6.33. The van der Waals surface area contributed by atoms with E-state index < -0.39 is 12.3 Å². The first kappa shape index (κ1) is 21.1. The topological polar surface area (TPSA) is 99.6 Å². The molecule has 0 saturated heterocycles. The number of aromatic nitrogens is 2. The van der Waals surface area contributed by atoms with Crippen LogP contribution in [0.25, 0.3) is 5.57 Å². The van der Waals surface area contributed by atoms with E-state index >= 15 is 0 Å². The molecule has 0 aliphatic carbocycles. The van der Waals surface area contributed by atoms with E-state index in [0.29, 0.717) is 22.9 Å². The summed E-state index contributed by atoms with van der Waals surface area (Å²) in [5.74, 6) is 0.198. The van der Waals surface area contributed by atoms with E-state index in [1.165, 1.54) is 11.6 Å². The Labute approximate surface area is 195 Å². The number of aryl methyl sites for hydroxylation is 1. The number of carboxylic acids is 1. The van der Waals surface area contributed by atoms with Crippen LogP contribution in [0.3, 0.4) is 0 Å². The van der Waals surface area contributed by atoms with Crippen LogP contribution >= 0.6 is 11.6 Å². The van der Waals surface area contributed by atoms with Crippen molar-refractivity contribution in [1.82, 2.24) is 9.97 Å². The van der Waals surface area contributed by atoms with Gasteiger partial charge in [-0.1, -0.05) is 23.7 Å². The molecule has 1 unspecified atom stereocenters. The molecule has 33 heavy (non-hydrogen) atoms. The number of carbonyl (C=O) groups is 1. The van der Waals surface area contributed by atoms with Crippen LogP contribution in [0.1, 0.15) is 27.9 Å². The fourth-order valence-electron chi connectivity index (χ4n) is 4.03. The molecule has 1 atom stereocenters. The van der Waals surface area contributed by atoms with E-state index in [4.69, 9.17) is 16.3 Å². The van der Waals surface area contributed by atoms with E-state index in [2.05, 4.69) is 31.6 Å². The molecule has 168 valence electrons. The summed E-state index contributed by atoms with van der Waals surface area (Å²) < 4.78 is 5.93. The molecular formula is C24H22ClN5O3. The summed E-state index contributed by atoms with van der Waals surface area (Å²) in [6.07, 6.45) is 5.93. The number of carboxylic acid groups (broad SMARTS) is 1. The Morgan fingerprint density at radius 3 is 2.64 bits per heavy atom. The van der Waals surface area contributed by atoms with Crippen molar-refractivity contribution in [2.45, 2.75) is 19.7 Å². The average molecular weight is 464 g/mol. The van der Waals surface area contributed by atoms with Crippen LogP contribution in [0.2, 0.25) is 5.02 Å². The monoisotopic (exact) mass is 463 g/mol. The van der Waals surface area contributed by atoms with Crippen molar-refractivity contribution in [3.63, 3.8) is 0 Å². The molecule has 9 heteroatoms. The summed E-state index contributed by atoms with van der Waals surface area (Å²) in [5.41, 5.74) is 4.75. The zero-order valence-corrected chi connectivity index (χ0v) is 18.6. The van der Waals surface area contributed by atoms with Gasteiger partial charge in [-0.25, -0.2) is 14.8 Å². The molecule has 0 fully saturated rings. The summed E-state index contributed by atoms with van der Waals surface area (Å²) >= 11 is 6.62. The molecule has 2 aliphatic rings. The number of hydrogen-bond donors (Lipinski definition) is 3. The van der Waals surface area contributed by atoms with Crippen LogP contribution in [0.5, 0.6) is 5.75 Å². The zero-order valence-electron chi connectivity index (χ0n) is 17.9. The summed E-state index contributed by atoms with van der Waals surface area (Å²) in [6.45, 7) is 3.27. The third-order valence-corrected chi connectivity index (χ3v) is 6.08. The first-order valence-corrected chi connectivity index (χ1v) is 10.9. The van der Waals surface area contributed by atoms with Gasteiger partial charge in [0.1, 0.15) is 5.75 Å². The number of nitrogens with zero attached hydrogens (tertiary/aromatic N) is 3. The van der Waals surface area contributed by atoms with Crippen LogP contribution in [0, 0.1) is 6.92 Å². The third-order valence-electron chi connectivity index (χ3n) is 5.76. The van der Waals surface area contributed by atoms with Gasteiger partial charge in [-0.3, -0.25) is 0 Å². The highest BCUT2D eigenvalue weighted by atomic mass is 35.5. The number of fused-ring (bicyclic) bond motifs is 1.